The summed E-state index contributed by atoms with van der Waals surface area (Å²) >= 11 is 0. The van der Waals surface area contributed by atoms with Gasteiger partial charge in [-0.3, -0.25) is 0 Å². The summed E-state index contributed by atoms with van der Waals surface area (Å²) in [6.07, 6.45) is 4.44. The van der Waals surface area contributed by atoms with Crippen LogP contribution in [-0.4, -0.2) is 25.8 Å². The zero-order valence-electron chi connectivity index (χ0n) is 8.31. The molecule has 2 atom stereocenters. The summed E-state index contributed by atoms with van der Waals surface area (Å²) in [5.74, 6) is 0.832. The molecule has 2 nitrogen and oxygen atoms in total. The predicted octanol–water partition coefficient (Wildman–Crippen LogP) is 1.80. The third kappa shape index (κ3) is 2.76. The molecule has 0 aliphatic carbocycles. The highest BCUT2D eigenvalue weighted by molar-refractivity contribution is 4.83. The van der Waals surface area contributed by atoms with Crippen LogP contribution in [0.2, 0.25) is 0 Å². The van der Waals surface area contributed by atoms with E-state index in [-0.39, 0.29) is 0 Å². The first kappa shape index (κ1) is 10.0. The summed E-state index contributed by atoms with van der Waals surface area (Å²) in [7, 11) is 0. The monoisotopic (exact) mass is 171 g/mol. The molecule has 0 radical (unpaired) electrons. The maximum atomic E-state index is 5.54. The third-order valence-corrected chi connectivity index (χ3v) is 2.33. The molecule has 1 N–H and O–H groups in total. The van der Waals surface area contributed by atoms with Crippen molar-refractivity contribution in [2.24, 2.45) is 5.92 Å². The maximum Gasteiger partial charge on any atom is 0.0739 e. The Bertz CT molecular complexity index is 104. The van der Waals surface area contributed by atoms with Gasteiger partial charge in [0.25, 0.3) is 0 Å². The molecule has 2 aliphatic heterocycles. The number of nitrogens with one attached hydrogen (secondary N) is 1. The van der Waals surface area contributed by atoms with Gasteiger partial charge < -0.3 is 10.1 Å². The quantitative estimate of drug-likeness (QED) is 0.600. The van der Waals surface area contributed by atoms with Crippen LogP contribution in [0.15, 0.2) is 0 Å². The van der Waals surface area contributed by atoms with Gasteiger partial charge in [0.15, 0.2) is 0 Å². The predicted molar refractivity (Wildman–Crippen MR) is 51.3 cm³/mol. The second-order valence-corrected chi connectivity index (χ2v) is 3.68. The Balaban J connectivity index is 0.000000213. The van der Waals surface area contributed by atoms with Crippen LogP contribution in [-0.2, 0) is 4.74 Å². The summed E-state index contributed by atoms with van der Waals surface area (Å²) in [5.41, 5.74) is 0. The van der Waals surface area contributed by atoms with Gasteiger partial charge in [-0.05, 0) is 18.8 Å². The number of ether oxygens (including phenoxy) is 1. The fourth-order valence-electron chi connectivity index (χ4n) is 1.77. The van der Waals surface area contributed by atoms with Crippen LogP contribution in [0.3, 0.4) is 0 Å². The van der Waals surface area contributed by atoms with E-state index >= 15 is 0 Å². The molecule has 12 heavy (non-hydrogen) atoms. The molecule has 2 saturated heterocycles. The summed E-state index contributed by atoms with van der Waals surface area (Å²) in [6.45, 7) is 7.51. The van der Waals surface area contributed by atoms with Crippen LogP contribution < -0.4 is 5.32 Å². The zero-order chi connectivity index (χ0) is 8.81. The van der Waals surface area contributed by atoms with Crippen LogP contribution in [0.1, 0.15) is 33.1 Å². The highest BCUT2D eigenvalue weighted by Gasteiger charge is 2.29. The van der Waals surface area contributed by atoms with E-state index < -0.39 is 0 Å². The van der Waals surface area contributed by atoms with E-state index in [1.54, 1.807) is 0 Å². The summed E-state index contributed by atoms with van der Waals surface area (Å²) < 4.78 is 5.54. The largest absolute Gasteiger partial charge is 0.377 e. The average Bonchev–Trinajstić information content (AvgIpc) is 2.52. The first-order valence-electron chi connectivity index (χ1n) is 5.20. The van der Waals surface area contributed by atoms with Crippen molar-refractivity contribution in [3.63, 3.8) is 0 Å². The van der Waals surface area contributed by atoms with Crippen LogP contribution in [0.25, 0.3) is 0 Å². The molecule has 0 amide bonds. The lowest BCUT2D eigenvalue weighted by atomic mass is 9.98. The molecule has 0 bridgehead atoms. The van der Waals surface area contributed by atoms with Gasteiger partial charge >= 0.3 is 0 Å². The lowest BCUT2D eigenvalue weighted by Crippen LogP contribution is -2.27. The molecule has 0 aromatic rings. The average molecular weight is 171 g/mol. The summed E-state index contributed by atoms with van der Waals surface area (Å²) in [5, 5.41) is 3.34. The number of hydrogen-bond donors (Lipinski definition) is 1. The van der Waals surface area contributed by atoms with Crippen molar-refractivity contribution < 1.29 is 4.74 Å². The highest BCUT2D eigenvalue weighted by Crippen LogP contribution is 2.22. The minimum Gasteiger partial charge on any atom is -0.377 e. The van der Waals surface area contributed by atoms with Crippen LogP contribution in [0.4, 0.5) is 0 Å². The van der Waals surface area contributed by atoms with Crippen molar-refractivity contribution >= 4 is 0 Å². The van der Waals surface area contributed by atoms with Gasteiger partial charge in [-0.2, -0.15) is 0 Å². The molecule has 0 saturated carbocycles. The van der Waals surface area contributed by atoms with E-state index in [1.165, 1.54) is 25.8 Å². The molecule has 2 heteroatoms. The Morgan fingerprint density at radius 1 is 1.33 bits per heavy atom. The van der Waals surface area contributed by atoms with Gasteiger partial charge in [-0.1, -0.05) is 20.3 Å². The lowest BCUT2D eigenvalue weighted by molar-refractivity contribution is 0.000755. The Labute approximate surface area is 75.7 Å². The highest BCUT2D eigenvalue weighted by atomic mass is 16.5. The van der Waals surface area contributed by atoms with E-state index in [0.29, 0.717) is 6.10 Å². The van der Waals surface area contributed by atoms with Gasteiger partial charge in [0.1, 0.15) is 0 Å². The lowest BCUT2D eigenvalue weighted by Gasteiger charge is -2.24. The van der Waals surface area contributed by atoms with Crippen LogP contribution in [0.5, 0.6) is 0 Å². The van der Waals surface area contributed by atoms with Crippen molar-refractivity contribution in [1.29, 1.82) is 0 Å². The van der Waals surface area contributed by atoms with E-state index in [4.69, 9.17) is 4.74 Å². The zero-order valence-corrected chi connectivity index (χ0v) is 8.31. The Morgan fingerprint density at radius 2 is 2.08 bits per heavy atom. The summed E-state index contributed by atoms with van der Waals surface area (Å²) in [6, 6.07) is 0. The smallest absolute Gasteiger partial charge is 0.0739 e. The van der Waals surface area contributed by atoms with Crippen LogP contribution in [0, 0.1) is 5.92 Å². The molecule has 2 heterocycles. The SMILES string of the molecule is C1COC2CNCC2C1.CCC. The fourth-order valence-corrected chi connectivity index (χ4v) is 1.77. The van der Waals surface area contributed by atoms with E-state index in [0.717, 1.165) is 19.1 Å². The maximum absolute atomic E-state index is 5.54. The first-order valence-corrected chi connectivity index (χ1v) is 5.20. The van der Waals surface area contributed by atoms with E-state index in [1.807, 2.05) is 0 Å². The normalized spacial score (nSPS) is 33.5. The molecule has 72 valence electrons. The van der Waals surface area contributed by atoms with Crippen molar-refractivity contribution in [3.05, 3.63) is 0 Å². The van der Waals surface area contributed by atoms with Gasteiger partial charge in [0.2, 0.25) is 0 Å². The molecule has 2 fully saturated rings. The topological polar surface area (TPSA) is 21.3 Å². The van der Waals surface area contributed by atoms with Crippen molar-refractivity contribution in [2.75, 3.05) is 19.7 Å². The molecule has 2 unspecified atom stereocenters. The van der Waals surface area contributed by atoms with E-state index in [9.17, 15) is 0 Å². The number of fused-ring (bicyclic) bond motifs is 1. The van der Waals surface area contributed by atoms with Crippen LogP contribution >= 0.6 is 0 Å². The molecule has 0 spiro atoms. The van der Waals surface area contributed by atoms with E-state index in [2.05, 4.69) is 19.2 Å². The summed E-state index contributed by atoms with van der Waals surface area (Å²) in [4.78, 5) is 0. The molecule has 2 rings (SSSR count). The minimum atomic E-state index is 0.554. The molecule has 2 aliphatic rings. The number of hydrogen-bond acceptors (Lipinski definition) is 2. The number of rotatable bonds is 0. The molecule has 0 aromatic heterocycles. The van der Waals surface area contributed by atoms with Gasteiger partial charge in [0.05, 0.1) is 6.10 Å². The first-order chi connectivity index (χ1) is 5.88. The second-order valence-electron chi connectivity index (χ2n) is 3.68. The Kier molecular flexibility index (Phi) is 4.62. The molecular weight excluding hydrogens is 150 g/mol. The minimum absolute atomic E-state index is 0.554. The van der Waals surface area contributed by atoms with Crippen molar-refractivity contribution in [1.82, 2.24) is 5.32 Å². The Hall–Kier alpha value is -0.0800. The van der Waals surface area contributed by atoms with Gasteiger partial charge in [0, 0.05) is 19.7 Å². The fraction of sp³-hybridized carbons (Fsp3) is 1.00. The van der Waals surface area contributed by atoms with Crippen molar-refractivity contribution in [2.45, 2.75) is 39.2 Å². The Morgan fingerprint density at radius 3 is 2.75 bits per heavy atom. The van der Waals surface area contributed by atoms with Crippen molar-refractivity contribution in [3.8, 4) is 0 Å². The second kappa shape index (κ2) is 5.55. The molecule has 0 aromatic carbocycles. The molecular formula is C10H21NO. The van der Waals surface area contributed by atoms with Gasteiger partial charge in [-0.15, -0.1) is 0 Å². The third-order valence-electron chi connectivity index (χ3n) is 2.33. The van der Waals surface area contributed by atoms with Gasteiger partial charge in [-0.25, -0.2) is 0 Å². The standard InChI is InChI=1S/C7H13NO.C3H8/c1-2-6-4-8-5-7(6)9-3-1;1-3-2/h6-8H,1-5H2;3H2,1-2H3.